The smallest absolute Gasteiger partial charge is 0.241 e. The summed E-state index contributed by atoms with van der Waals surface area (Å²) < 4.78 is 0. The van der Waals surface area contributed by atoms with Crippen LogP contribution in [0, 0.1) is 6.92 Å². The summed E-state index contributed by atoms with van der Waals surface area (Å²) in [4.78, 5) is 30.1. The molecule has 1 aliphatic heterocycles. The van der Waals surface area contributed by atoms with Crippen molar-refractivity contribution in [3.8, 4) is 0 Å². The van der Waals surface area contributed by atoms with E-state index < -0.39 is 0 Å². The Morgan fingerprint density at radius 3 is 2.52 bits per heavy atom. The van der Waals surface area contributed by atoms with Crippen LogP contribution < -0.4 is 4.90 Å². The number of aryl methyl sites for hydroxylation is 1. The molecule has 2 amide bonds. The van der Waals surface area contributed by atoms with Crippen molar-refractivity contribution in [3.05, 3.63) is 29.8 Å². The van der Waals surface area contributed by atoms with E-state index in [1.165, 1.54) is 0 Å². The van der Waals surface area contributed by atoms with E-state index in [1.54, 1.807) is 6.92 Å². The fourth-order valence-electron chi connectivity index (χ4n) is 3.07. The first-order chi connectivity index (χ1) is 11.0. The number of carbonyl (C=O) groups excluding carboxylic acids is 2. The van der Waals surface area contributed by atoms with Gasteiger partial charge in [0.1, 0.15) is 0 Å². The SMILES string of the molecule is CCN(C(=O)CN1CCCN(C(C)=O)CC1)c1ccccc1C. The standard InChI is InChI=1S/C18H27N3O2/c1-4-21(17-9-6-5-8-15(17)2)18(23)14-19-10-7-11-20(13-12-19)16(3)22/h5-6,8-9H,4,7,10-14H2,1-3H3. The van der Waals surface area contributed by atoms with Gasteiger partial charge in [-0.2, -0.15) is 0 Å². The zero-order valence-electron chi connectivity index (χ0n) is 14.4. The zero-order chi connectivity index (χ0) is 16.8. The van der Waals surface area contributed by atoms with Gasteiger partial charge in [0.05, 0.1) is 6.54 Å². The average Bonchev–Trinajstić information content (AvgIpc) is 2.75. The summed E-state index contributed by atoms with van der Waals surface area (Å²) in [6, 6.07) is 7.98. The van der Waals surface area contributed by atoms with E-state index in [4.69, 9.17) is 0 Å². The Labute approximate surface area is 138 Å². The van der Waals surface area contributed by atoms with Crippen LogP contribution in [-0.4, -0.2) is 60.9 Å². The number of benzene rings is 1. The highest BCUT2D eigenvalue weighted by atomic mass is 16.2. The first-order valence-electron chi connectivity index (χ1n) is 8.36. The molecule has 1 heterocycles. The van der Waals surface area contributed by atoms with Gasteiger partial charge in [-0.3, -0.25) is 14.5 Å². The normalized spacial score (nSPS) is 16.0. The van der Waals surface area contributed by atoms with Crippen LogP contribution in [0.2, 0.25) is 0 Å². The maximum atomic E-state index is 12.7. The maximum Gasteiger partial charge on any atom is 0.241 e. The molecule has 0 spiro atoms. The van der Waals surface area contributed by atoms with Gasteiger partial charge in [0.15, 0.2) is 0 Å². The van der Waals surface area contributed by atoms with Crippen LogP contribution in [0.3, 0.4) is 0 Å². The Balaban J connectivity index is 2.00. The van der Waals surface area contributed by atoms with Crippen molar-refractivity contribution in [1.82, 2.24) is 9.80 Å². The number of anilines is 1. The zero-order valence-corrected chi connectivity index (χ0v) is 14.4. The number of carbonyl (C=O) groups is 2. The molecule has 0 atom stereocenters. The van der Waals surface area contributed by atoms with E-state index in [9.17, 15) is 9.59 Å². The number of amides is 2. The van der Waals surface area contributed by atoms with Crippen molar-refractivity contribution in [2.75, 3.05) is 44.2 Å². The van der Waals surface area contributed by atoms with Gasteiger partial charge in [0.25, 0.3) is 0 Å². The molecule has 0 unspecified atom stereocenters. The third-order valence-electron chi connectivity index (χ3n) is 4.42. The molecule has 1 saturated heterocycles. The molecule has 5 heteroatoms. The number of hydrogen-bond donors (Lipinski definition) is 0. The first-order valence-corrected chi connectivity index (χ1v) is 8.36. The molecule has 126 valence electrons. The monoisotopic (exact) mass is 317 g/mol. The molecule has 1 aliphatic rings. The Morgan fingerprint density at radius 2 is 1.87 bits per heavy atom. The van der Waals surface area contributed by atoms with Crippen molar-refractivity contribution < 1.29 is 9.59 Å². The number of nitrogens with zero attached hydrogens (tertiary/aromatic N) is 3. The largest absolute Gasteiger partial charge is 0.342 e. The van der Waals surface area contributed by atoms with Crippen molar-refractivity contribution in [3.63, 3.8) is 0 Å². The highest BCUT2D eigenvalue weighted by Gasteiger charge is 2.21. The molecule has 1 aromatic rings. The minimum atomic E-state index is 0.119. The lowest BCUT2D eigenvalue weighted by atomic mass is 10.2. The molecule has 2 rings (SSSR count). The number of rotatable bonds is 4. The number of likely N-dealkylation sites (N-methyl/N-ethyl adjacent to an activating group) is 1. The lowest BCUT2D eigenvalue weighted by molar-refractivity contribution is -0.128. The molecule has 0 radical (unpaired) electrons. The summed E-state index contributed by atoms with van der Waals surface area (Å²) in [6.45, 7) is 9.83. The topological polar surface area (TPSA) is 43.9 Å². The highest BCUT2D eigenvalue weighted by Crippen LogP contribution is 2.19. The molecule has 5 nitrogen and oxygen atoms in total. The summed E-state index contributed by atoms with van der Waals surface area (Å²) in [5.41, 5.74) is 2.10. The van der Waals surface area contributed by atoms with Gasteiger partial charge in [-0.15, -0.1) is 0 Å². The van der Waals surface area contributed by atoms with Crippen LogP contribution in [0.25, 0.3) is 0 Å². The van der Waals surface area contributed by atoms with E-state index in [1.807, 2.05) is 47.9 Å². The average molecular weight is 317 g/mol. The van der Waals surface area contributed by atoms with Crippen LogP contribution in [0.1, 0.15) is 25.8 Å². The highest BCUT2D eigenvalue weighted by molar-refractivity contribution is 5.95. The lowest BCUT2D eigenvalue weighted by Gasteiger charge is -2.27. The fourth-order valence-corrected chi connectivity index (χ4v) is 3.07. The second-order valence-electron chi connectivity index (χ2n) is 6.06. The Kier molecular flexibility index (Phi) is 6.16. The predicted octanol–water partition coefficient (Wildman–Crippen LogP) is 1.90. The fraction of sp³-hybridized carbons (Fsp3) is 0.556. The molecule has 1 fully saturated rings. The van der Waals surface area contributed by atoms with Crippen molar-refractivity contribution in [1.29, 1.82) is 0 Å². The van der Waals surface area contributed by atoms with Gasteiger partial charge >= 0.3 is 0 Å². The van der Waals surface area contributed by atoms with Crippen molar-refractivity contribution >= 4 is 17.5 Å². The molecule has 1 aromatic carbocycles. The summed E-state index contributed by atoms with van der Waals surface area (Å²) in [6.07, 6.45) is 0.920. The van der Waals surface area contributed by atoms with Crippen LogP contribution in [0.5, 0.6) is 0 Å². The molecular weight excluding hydrogens is 290 g/mol. The first kappa shape index (κ1) is 17.5. The second-order valence-corrected chi connectivity index (χ2v) is 6.06. The van der Waals surface area contributed by atoms with E-state index in [2.05, 4.69) is 4.90 Å². The Bertz CT molecular complexity index is 559. The Morgan fingerprint density at radius 1 is 1.13 bits per heavy atom. The van der Waals surface area contributed by atoms with Crippen LogP contribution >= 0.6 is 0 Å². The van der Waals surface area contributed by atoms with E-state index in [-0.39, 0.29) is 11.8 Å². The van der Waals surface area contributed by atoms with Crippen LogP contribution in [0.15, 0.2) is 24.3 Å². The van der Waals surface area contributed by atoms with Crippen LogP contribution in [-0.2, 0) is 9.59 Å². The van der Waals surface area contributed by atoms with Gasteiger partial charge in [-0.1, -0.05) is 18.2 Å². The third kappa shape index (κ3) is 4.55. The number of para-hydroxylation sites is 1. The quantitative estimate of drug-likeness (QED) is 0.852. The van der Waals surface area contributed by atoms with E-state index >= 15 is 0 Å². The van der Waals surface area contributed by atoms with Gasteiger partial charge in [-0.25, -0.2) is 0 Å². The van der Waals surface area contributed by atoms with Gasteiger partial charge in [0.2, 0.25) is 11.8 Å². The predicted molar refractivity (Wildman–Crippen MR) is 92.5 cm³/mol. The van der Waals surface area contributed by atoms with E-state index in [0.717, 1.165) is 37.3 Å². The van der Waals surface area contributed by atoms with Gasteiger partial charge < -0.3 is 9.80 Å². The molecule has 23 heavy (non-hydrogen) atoms. The van der Waals surface area contributed by atoms with Crippen molar-refractivity contribution in [2.45, 2.75) is 27.2 Å². The molecular formula is C18H27N3O2. The van der Waals surface area contributed by atoms with Gasteiger partial charge in [-0.05, 0) is 31.9 Å². The van der Waals surface area contributed by atoms with E-state index in [0.29, 0.717) is 19.6 Å². The lowest BCUT2D eigenvalue weighted by Crippen LogP contribution is -2.42. The number of hydrogen-bond acceptors (Lipinski definition) is 3. The molecule has 0 aliphatic carbocycles. The summed E-state index contributed by atoms with van der Waals surface area (Å²) in [5.74, 6) is 0.242. The van der Waals surface area contributed by atoms with Crippen molar-refractivity contribution in [2.24, 2.45) is 0 Å². The summed E-state index contributed by atoms with van der Waals surface area (Å²) in [5, 5.41) is 0. The van der Waals surface area contributed by atoms with Gasteiger partial charge in [0, 0.05) is 45.3 Å². The third-order valence-corrected chi connectivity index (χ3v) is 4.42. The maximum absolute atomic E-state index is 12.7. The molecule has 0 aromatic heterocycles. The molecule has 0 N–H and O–H groups in total. The summed E-state index contributed by atoms with van der Waals surface area (Å²) in [7, 11) is 0. The summed E-state index contributed by atoms with van der Waals surface area (Å²) >= 11 is 0. The second kappa shape index (κ2) is 8.11. The van der Waals surface area contributed by atoms with Crippen LogP contribution in [0.4, 0.5) is 5.69 Å². The minimum Gasteiger partial charge on any atom is -0.342 e. The molecule has 0 bridgehead atoms. The Hall–Kier alpha value is -1.88. The minimum absolute atomic E-state index is 0.119. The molecule has 0 saturated carbocycles.